The van der Waals surface area contributed by atoms with E-state index in [9.17, 15) is 0 Å². The molecule has 1 atom stereocenters. The number of rotatable bonds is 3. The number of phenols is 1. The van der Waals surface area contributed by atoms with Crippen LogP contribution in [0.15, 0.2) is 24.3 Å². The third kappa shape index (κ3) is 3.65. The van der Waals surface area contributed by atoms with Gasteiger partial charge in [-0.3, -0.25) is 0 Å². The predicted molar refractivity (Wildman–Crippen MR) is 65.2 cm³/mol. The highest BCUT2D eigenvalue weighted by atomic mass is 28.4. The monoisotopic (exact) mass is 226 g/mol. The molecule has 0 saturated heterocycles. The molecular weight excluding hydrogens is 208 g/mol. The minimum Gasteiger partial charge on any atom is -0.508 e. The van der Waals surface area contributed by atoms with Crippen LogP contribution < -0.4 is 5.19 Å². The Bertz CT molecular complexity index is 290. The number of hydrogen-bond acceptors (Lipinski definition) is 2. The van der Waals surface area contributed by atoms with Gasteiger partial charge in [0.2, 0.25) is 0 Å². The summed E-state index contributed by atoms with van der Waals surface area (Å²) in [5, 5.41) is 10.4. The Balaban J connectivity index is 2.70. The molecule has 0 heterocycles. The summed E-state index contributed by atoms with van der Waals surface area (Å²) in [6, 6.07) is 7.39. The molecule has 1 aromatic carbocycles. The summed E-state index contributed by atoms with van der Waals surface area (Å²) in [5.41, 5.74) is 0. The Hall–Kier alpha value is -0.586. The van der Waals surface area contributed by atoms with Crippen molar-refractivity contribution in [3.05, 3.63) is 24.3 Å². The maximum atomic E-state index is 9.15. The van der Waals surface area contributed by atoms with Crippen LogP contribution in [0.4, 0.5) is 0 Å². The van der Waals surface area contributed by atoms with Gasteiger partial charge in [0.15, 0.2) is 17.4 Å². The smallest absolute Gasteiger partial charge is 0.192 e. The van der Waals surface area contributed by atoms with Gasteiger partial charge in [-0.05, 0) is 43.5 Å². The molecule has 2 nitrogen and oxygen atoms in total. The van der Waals surface area contributed by atoms with Crippen molar-refractivity contribution in [3.63, 3.8) is 0 Å². The van der Waals surface area contributed by atoms with E-state index >= 15 is 0 Å². The molecule has 0 amide bonds. The Morgan fingerprint density at radius 1 is 1.14 bits per heavy atom. The van der Waals surface area contributed by atoms with Crippen LogP contribution >= 0.6 is 0 Å². The minimum atomic E-state index is -1.42. The number of phenolic OH excluding ortho intramolecular Hbond substituents is 1. The summed E-state index contributed by atoms with van der Waals surface area (Å²) in [6.45, 7) is 8.80. The van der Waals surface area contributed by atoms with E-state index in [1.807, 2.05) is 12.1 Å². The maximum absolute atomic E-state index is 9.15. The zero-order valence-corrected chi connectivity index (χ0v) is 11.4. The lowest BCUT2D eigenvalue weighted by Gasteiger charge is -2.23. The molecule has 0 radical (unpaired) electrons. The highest BCUT2D eigenvalue weighted by molar-refractivity contribution is 6.81. The second kappa shape index (κ2) is 4.29. The average molecular weight is 226 g/mol. The van der Waals surface area contributed by atoms with Gasteiger partial charge in [-0.2, -0.15) is 0 Å². The first kappa shape index (κ1) is 11.5. The third-order valence-corrected chi connectivity index (χ3v) is 7.46. The van der Waals surface area contributed by atoms with Crippen molar-refractivity contribution in [2.24, 2.45) is 0 Å². The molecule has 0 saturated carbocycles. The first-order chi connectivity index (χ1) is 6.38. The van der Waals surface area contributed by atoms with Crippen LogP contribution in [0.5, 0.6) is 5.75 Å². The molecule has 1 rings (SSSR count). The average Bonchev–Trinajstić information content (AvgIpc) is 2.02. The second-order valence-corrected chi connectivity index (χ2v) is 11.6. The number of benzene rings is 1. The molecule has 0 aliphatic heterocycles. The van der Waals surface area contributed by atoms with Gasteiger partial charge in [-0.25, -0.2) is 0 Å². The van der Waals surface area contributed by atoms with Crippen molar-refractivity contribution in [1.29, 1.82) is 0 Å². The molecule has 0 bridgehead atoms. The summed E-state index contributed by atoms with van der Waals surface area (Å²) in [4.78, 5) is 0. The Morgan fingerprint density at radius 3 is 2.07 bits per heavy atom. The molecule has 0 aliphatic rings. The van der Waals surface area contributed by atoms with Gasteiger partial charge in [-0.1, -0.05) is 12.1 Å². The maximum Gasteiger partial charge on any atom is 0.192 e. The van der Waals surface area contributed by atoms with Gasteiger partial charge in [0.25, 0.3) is 0 Å². The second-order valence-electron chi connectivity index (χ2n) is 4.46. The van der Waals surface area contributed by atoms with E-state index in [4.69, 9.17) is 9.22 Å². The van der Waals surface area contributed by atoms with E-state index in [1.165, 1.54) is 5.19 Å². The molecule has 1 aromatic rings. The molecule has 14 heavy (non-hydrogen) atoms. The quantitative estimate of drug-likeness (QED) is 0.797. The van der Waals surface area contributed by atoms with E-state index in [1.54, 1.807) is 12.1 Å². The van der Waals surface area contributed by atoms with E-state index in [-0.39, 0.29) is 0 Å². The van der Waals surface area contributed by atoms with Crippen LogP contribution in [0.3, 0.4) is 0 Å². The molecular formula is C10H18O2Si2. The molecule has 0 aromatic heterocycles. The minimum absolute atomic E-state index is 0.322. The van der Waals surface area contributed by atoms with Crippen molar-refractivity contribution < 1.29 is 9.22 Å². The molecule has 1 unspecified atom stereocenters. The molecule has 0 spiro atoms. The number of aromatic hydroxyl groups is 1. The van der Waals surface area contributed by atoms with Crippen molar-refractivity contribution >= 4 is 22.5 Å². The largest absolute Gasteiger partial charge is 0.508 e. The normalized spacial score (nSPS) is 14.0. The van der Waals surface area contributed by atoms with Crippen molar-refractivity contribution in [2.45, 2.75) is 26.2 Å². The topological polar surface area (TPSA) is 29.5 Å². The Labute approximate surface area is 88.4 Å². The molecule has 0 fully saturated rings. The predicted octanol–water partition coefficient (Wildman–Crippen LogP) is 1.80. The zero-order valence-electron chi connectivity index (χ0n) is 9.24. The highest BCUT2D eigenvalue weighted by Crippen LogP contribution is 2.08. The Morgan fingerprint density at radius 2 is 1.64 bits per heavy atom. The molecule has 4 heteroatoms. The fourth-order valence-electron chi connectivity index (χ4n) is 1.34. The van der Waals surface area contributed by atoms with Gasteiger partial charge < -0.3 is 9.22 Å². The highest BCUT2D eigenvalue weighted by Gasteiger charge is 2.19. The number of hydrogen-bond donors (Lipinski definition) is 1. The van der Waals surface area contributed by atoms with Gasteiger partial charge in [-0.15, -0.1) is 0 Å². The lowest BCUT2D eigenvalue weighted by molar-refractivity contribution is 0.475. The summed E-state index contributed by atoms with van der Waals surface area (Å²) >= 11 is 0. The summed E-state index contributed by atoms with van der Waals surface area (Å²) in [7, 11) is -2.67. The molecule has 1 N–H and O–H groups in total. The lowest BCUT2D eigenvalue weighted by Crippen LogP contribution is -2.40. The summed E-state index contributed by atoms with van der Waals surface area (Å²) < 4.78 is 6.06. The van der Waals surface area contributed by atoms with Crippen LogP contribution in [-0.4, -0.2) is 22.5 Å². The van der Waals surface area contributed by atoms with Gasteiger partial charge in [0.05, 0.1) is 0 Å². The van der Waals surface area contributed by atoms with Crippen LogP contribution in [0.2, 0.25) is 26.2 Å². The van der Waals surface area contributed by atoms with Crippen LogP contribution in [0, 0.1) is 0 Å². The van der Waals surface area contributed by atoms with E-state index in [0.717, 1.165) is 0 Å². The lowest BCUT2D eigenvalue weighted by atomic mass is 10.3. The fourth-order valence-corrected chi connectivity index (χ4v) is 6.87. The van der Waals surface area contributed by atoms with Crippen LogP contribution in [-0.2, 0) is 4.12 Å². The van der Waals surface area contributed by atoms with E-state index < -0.39 is 17.4 Å². The van der Waals surface area contributed by atoms with Crippen molar-refractivity contribution in [1.82, 2.24) is 0 Å². The van der Waals surface area contributed by atoms with E-state index in [0.29, 0.717) is 5.75 Å². The standard InChI is InChI=1S/C10H18O2Si2/c1-13(12-14(2,3)4)10-7-5-9(11)6-8-10/h5-8,11,13H,1-4H3. The third-order valence-electron chi connectivity index (χ3n) is 1.89. The van der Waals surface area contributed by atoms with Gasteiger partial charge in [0.1, 0.15) is 5.75 Å². The van der Waals surface area contributed by atoms with Crippen LogP contribution in [0.25, 0.3) is 0 Å². The zero-order chi connectivity index (χ0) is 10.8. The molecule has 0 aliphatic carbocycles. The molecule has 78 valence electrons. The first-order valence-electron chi connectivity index (χ1n) is 4.85. The Kier molecular flexibility index (Phi) is 3.52. The van der Waals surface area contributed by atoms with Crippen LogP contribution in [0.1, 0.15) is 0 Å². The fraction of sp³-hybridized carbons (Fsp3) is 0.400. The SMILES string of the molecule is C[SiH](O[Si](C)(C)C)c1ccc(O)cc1. The first-order valence-corrected chi connectivity index (χ1v) is 10.5. The van der Waals surface area contributed by atoms with Gasteiger partial charge >= 0.3 is 0 Å². The van der Waals surface area contributed by atoms with E-state index in [2.05, 4.69) is 26.2 Å². The van der Waals surface area contributed by atoms with Gasteiger partial charge in [0, 0.05) is 0 Å². The van der Waals surface area contributed by atoms with Crippen molar-refractivity contribution in [3.8, 4) is 5.75 Å². The summed E-state index contributed by atoms with van der Waals surface area (Å²) in [6.07, 6.45) is 0. The van der Waals surface area contributed by atoms with Crippen molar-refractivity contribution in [2.75, 3.05) is 0 Å². The summed E-state index contributed by atoms with van der Waals surface area (Å²) in [5.74, 6) is 0.322.